The summed E-state index contributed by atoms with van der Waals surface area (Å²) in [5, 5.41) is 1.27. The molecule has 1 heterocycles. The minimum atomic E-state index is -4.61. The van der Waals surface area contributed by atoms with E-state index in [1.54, 1.807) is 0 Å². The molecule has 1 aliphatic heterocycles. The Morgan fingerprint density at radius 1 is 1.21 bits per heavy atom. The molecule has 1 aliphatic rings. The molecule has 2 amide bonds. The second-order valence-electron chi connectivity index (χ2n) is 3.59. The number of rotatable bonds is 1. The van der Waals surface area contributed by atoms with Crippen molar-refractivity contribution < 1.29 is 27.2 Å². The molecule has 0 radical (unpaired) electrons. The number of carbonyl (C=O) groups excluding carboxylic acids is 2. The summed E-state index contributed by atoms with van der Waals surface area (Å²) in [7, 11) is 0. The van der Waals surface area contributed by atoms with Crippen LogP contribution in [-0.4, -0.2) is 11.1 Å². The van der Waals surface area contributed by atoms with E-state index in [-0.39, 0.29) is 4.91 Å². The molecule has 0 spiro atoms. The number of alkyl halides is 3. The molecule has 0 aliphatic carbocycles. The fourth-order valence-corrected chi connectivity index (χ4v) is 2.07. The molecule has 2 rings (SSSR count). The van der Waals surface area contributed by atoms with Crippen molar-refractivity contribution in [1.29, 1.82) is 0 Å². The highest BCUT2D eigenvalue weighted by atomic mass is 32.2. The first kappa shape index (κ1) is 13.6. The molecule has 0 atom stereocenters. The van der Waals surface area contributed by atoms with E-state index in [4.69, 9.17) is 0 Å². The van der Waals surface area contributed by atoms with Gasteiger partial charge in [0.1, 0.15) is 5.82 Å². The van der Waals surface area contributed by atoms with Crippen LogP contribution in [0.1, 0.15) is 11.1 Å². The third-order valence-electron chi connectivity index (χ3n) is 2.25. The summed E-state index contributed by atoms with van der Waals surface area (Å²) in [4.78, 5) is 21.9. The molecule has 0 unspecified atom stereocenters. The van der Waals surface area contributed by atoms with E-state index < -0.39 is 34.3 Å². The van der Waals surface area contributed by atoms with Crippen LogP contribution in [0.2, 0.25) is 0 Å². The molecule has 1 N–H and O–H groups in total. The van der Waals surface area contributed by atoms with Gasteiger partial charge in [-0.1, -0.05) is 0 Å². The van der Waals surface area contributed by atoms with Gasteiger partial charge < -0.3 is 0 Å². The van der Waals surface area contributed by atoms with Crippen LogP contribution < -0.4 is 5.32 Å². The van der Waals surface area contributed by atoms with E-state index >= 15 is 0 Å². The van der Waals surface area contributed by atoms with Gasteiger partial charge in [0.2, 0.25) is 0 Å². The first-order valence-electron chi connectivity index (χ1n) is 4.89. The number of thioether (sulfide) groups is 1. The summed E-state index contributed by atoms with van der Waals surface area (Å²) in [6.45, 7) is 0. The van der Waals surface area contributed by atoms with Crippen molar-refractivity contribution in [2.75, 3.05) is 0 Å². The molecule has 1 aromatic rings. The van der Waals surface area contributed by atoms with E-state index in [0.717, 1.165) is 6.08 Å². The molecule has 1 saturated heterocycles. The molecule has 1 fully saturated rings. The first-order valence-corrected chi connectivity index (χ1v) is 5.70. The number of benzene rings is 1. The van der Waals surface area contributed by atoms with Crippen molar-refractivity contribution in [3.63, 3.8) is 0 Å². The standard InChI is InChI=1S/C11H5F4NO2S/c12-7-2-1-6(11(13,14)15)3-5(7)4-8-9(17)16-10(18)19-8/h1-4H,(H,16,17,18)/b8-4+. The molecule has 8 heteroatoms. The third kappa shape index (κ3) is 2.95. The Balaban J connectivity index is 2.43. The molecular formula is C11H5F4NO2S. The number of amides is 2. The quantitative estimate of drug-likeness (QED) is 0.638. The third-order valence-corrected chi connectivity index (χ3v) is 3.06. The number of hydrogen-bond donors (Lipinski definition) is 1. The molecule has 0 aromatic heterocycles. The van der Waals surface area contributed by atoms with Crippen molar-refractivity contribution in [2.45, 2.75) is 6.18 Å². The number of hydrogen-bond acceptors (Lipinski definition) is 3. The van der Waals surface area contributed by atoms with Gasteiger partial charge in [0.15, 0.2) is 0 Å². The van der Waals surface area contributed by atoms with Gasteiger partial charge in [0, 0.05) is 5.56 Å². The van der Waals surface area contributed by atoms with Gasteiger partial charge in [0.05, 0.1) is 10.5 Å². The summed E-state index contributed by atoms with van der Waals surface area (Å²) in [5.41, 5.74) is -1.43. The van der Waals surface area contributed by atoms with Gasteiger partial charge in [-0.3, -0.25) is 14.9 Å². The lowest BCUT2D eigenvalue weighted by Crippen LogP contribution is -2.17. The Labute approximate surface area is 108 Å². The van der Waals surface area contributed by atoms with E-state index in [1.807, 2.05) is 5.32 Å². The molecule has 100 valence electrons. The topological polar surface area (TPSA) is 46.2 Å². The van der Waals surface area contributed by atoms with E-state index in [2.05, 4.69) is 0 Å². The van der Waals surface area contributed by atoms with Crippen LogP contribution in [0.5, 0.6) is 0 Å². The van der Waals surface area contributed by atoms with Crippen molar-refractivity contribution in [3.8, 4) is 0 Å². The van der Waals surface area contributed by atoms with E-state index in [1.165, 1.54) is 0 Å². The molecular weight excluding hydrogens is 286 g/mol. The SMILES string of the molecule is O=C1NC(=O)/C(=C\c2cc(C(F)(F)F)ccc2F)S1. The highest BCUT2D eigenvalue weighted by molar-refractivity contribution is 8.18. The summed E-state index contributed by atoms with van der Waals surface area (Å²) in [6.07, 6.45) is -3.70. The van der Waals surface area contributed by atoms with Crippen molar-refractivity contribution in [3.05, 3.63) is 40.0 Å². The minimum absolute atomic E-state index is 0.150. The van der Waals surface area contributed by atoms with Crippen molar-refractivity contribution in [1.82, 2.24) is 5.32 Å². The Morgan fingerprint density at radius 2 is 1.89 bits per heavy atom. The smallest absolute Gasteiger partial charge is 0.282 e. The zero-order chi connectivity index (χ0) is 14.2. The zero-order valence-electron chi connectivity index (χ0n) is 9.05. The highest BCUT2D eigenvalue weighted by Crippen LogP contribution is 2.32. The van der Waals surface area contributed by atoms with Gasteiger partial charge in [0.25, 0.3) is 11.1 Å². The number of imide groups is 1. The Morgan fingerprint density at radius 3 is 2.42 bits per heavy atom. The second-order valence-corrected chi connectivity index (χ2v) is 4.60. The van der Waals surface area contributed by atoms with Crippen LogP contribution in [0.25, 0.3) is 6.08 Å². The molecule has 19 heavy (non-hydrogen) atoms. The van der Waals surface area contributed by atoms with Crippen LogP contribution >= 0.6 is 11.8 Å². The summed E-state index contributed by atoms with van der Waals surface area (Å²) >= 11 is 0.504. The van der Waals surface area contributed by atoms with Crippen molar-refractivity contribution in [2.24, 2.45) is 0 Å². The maximum atomic E-state index is 13.4. The molecule has 0 saturated carbocycles. The fraction of sp³-hybridized carbons (Fsp3) is 0.0909. The maximum Gasteiger partial charge on any atom is 0.416 e. The Kier molecular flexibility index (Phi) is 3.36. The van der Waals surface area contributed by atoms with Gasteiger partial charge in [-0.25, -0.2) is 4.39 Å². The van der Waals surface area contributed by atoms with Gasteiger partial charge in [-0.05, 0) is 36.0 Å². The summed E-state index contributed by atoms with van der Waals surface area (Å²) in [6, 6.07) is 1.85. The predicted molar refractivity (Wildman–Crippen MR) is 60.5 cm³/mol. The van der Waals surface area contributed by atoms with Crippen LogP contribution in [0.4, 0.5) is 22.4 Å². The monoisotopic (exact) mass is 291 g/mol. The number of halogens is 4. The van der Waals surface area contributed by atoms with Crippen molar-refractivity contribution >= 4 is 29.0 Å². The normalized spacial score (nSPS) is 18.0. The van der Waals surface area contributed by atoms with Crippen LogP contribution in [-0.2, 0) is 11.0 Å². The van der Waals surface area contributed by atoms with Crippen LogP contribution in [0.15, 0.2) is 23.1 Å². The van der Waals surface area contributed by atoms with E-state index in [0.29, 0.717) is 30.0 Å². The summed E-state index contributed by atoms with van der Waals surface area (Å²) < 4.78 is 50.8. The number of nitrogens with one attached hydrogen (secondary N) is 1. The molecule has 0 bridgehead atoms. The number of carbonyl (C=O) groups is 2. The van der Waals surface area contributed by atoms with Gasteiger partial charge >= 0.3 is 6.18 Å². The lowest BCUT2D eigenvalue weighted by Gasteiger charge is -2.07. The summed E-state index contributed by atoms with van der Waals surface area (Å²) in [5.74, 6) is -1.67. The van der Waals surface area contributed by atoms with Crippen LogP contribution in [0, 0.1) is 5.82 Å². The van der Waals surface area contributed by atoms with Gasteiger partial charge in [-0.15, -0.1) is 0 Å². The molecule has 1 aromatic carbocycles. The average molecular weight is 291 g/mol. The van der Waals surface area contributed by atoms with E-state index in [9.17, 15) is 27.2 Å². The lowest BCUT2D eigenvalue weighted by molar-refractivity contribution is -0.137. The van der Waals surface area contributed by atoms with Gasteiger partial charge in [-0.2, -0.15) is 13.2 Å². The Hall–Kier alpha value is -1.83. The molecule has 3 nitrogen and oxygen atoms in total. The Bertz CT molecular complexity index is 595. The zero-order valence-corrected chi connectivity index (χ0v) is 9.86. The average Bonchev–Trinajstić information content (AvgIpc) is 2.59. The maximum absolute atomic E-state index is 13.4. The highest BCUT2D eigenvalue weighted by Gasteiger charge is 2.31. The van der Waals surface area contributed by atoms with Crippen LogP contribution in [0.3, 0.4) is 0 Å². The first-order chi connectivity index (χ1) is 8.77. The lowest BCUT2D eigenvalue weighted by atomic mass is 10.1. The predicted octanol–water partition coefficient (Wildman–Crippen LogP) is 3.17. The largest absolute Gasteiger partial charge is 0.416 e. The minimum Gasteiger partial charge on any atom is -0.282 e. The fourth-order valence-electron chi connectivity index (χ4n) is 1.39. The second kappa shape index (κ2) is 4.69.